The number of amides is 1. The van der Waals surface area contributed by atoms with Gasteiger partial charge in [-0.25, -0.2) is 4.79 Å². The predicted octanol–water partition coefficient (Wildman–Crippen LogP) is 2.52. The molecule has 0 saturated heterocycles. The molecule has 4 rings (SSSR count). The number of benzene rings is 2. The maximum atomic E-state index is 13.0. The number of fused-ring (bicyclic) bond motifs is 1. The van der Waals surface area contributed by atoms with E-state index in [1.54, 1.807) is 13.0 Å². The highest BCUT2D eigenvalue weighted by Gasteiger charge is 2.32. The number of anilines is 1. The van der Waals surface area contributed by atoms with Crippen molar-refractivity contribution in [2.24, 2.45) is 0 Å². The molecule has 0 spiro atoms. The van der Waals surface area contributed by atoms with E-state index < -0.39 is 11.9 Å². The Balaban J connectivity index is 1.74. The Bertz CT molecular complexity index is 1110. The molecule has 0 fully saturated rings. The molecule has 1 aliphatic rings. The van der Waals surface area contributed by atoms with Gasteiger partial charge in [0.2, 0.25) is 0 Å². The van der Waals surface area contributed by atoms with E-state index in [9.17, 15) is 9.59 Å². The maximum Gasteiger partial charge on any atom is 0.341 e. The predicted molar refractivity (Wildman–Crippen MR) is 103 cm³/mol. The third-order valence-electron chi connectivity index (χ3n) is 4.54. The van der Waals surface area contributed by atoms with Crippen molar-refractivity contribution in [3.05, 3.63) is 58.9 Å². The minimum absolute atomic E-state index is 0.0978. The zero-order valence-electron chi connectivity index (χ0n) is 16.1. The number of ether oxygens (including phenoxy) is 3. The molecule has 0 saturated carbocycles. The molecule has 3 aromatic rings. The van der Waals surface area contributed by atoms with Crippen LogP contribution in [-0.4, -0.2) is 41.1 Å². The Morgan fingerprint density at radius 3 is 2.62 bits per heavy atom. The molecule has 1 N–H and O–H groups in total. The molecule has 2 heterocycles. The Labute approximate surface area is 166 Å². The van der Waals surface area contributed by atoms with Crippen LogP contribution in [0.1, 0.15) is 32.1 Å². The van der Waals surface area contributed by atoms with Gasteiger partial charge in [-0.05, 0) is 25.1 Å². The van der Waals surface area contributed by atoms with Crippen LogP contribution in [0, 0.1) is 6.92 Å². The Kier molecular flexibility index (Phi) is 4.63. The van der Waals surface area contributed by atoms with Gasteiger partial charge in [0.25, 0.3) is 5.91 Å². The lowest BCUT2D eigenvalue weighted by atomic mass is 10.1. The van der Waals surface area contributed by atoms with Crippen LogP contribution in [0.15, 0.2) is 36.4 Å². The molecule has 148 valence electrons. The van der Waals surface area contributed by atoms with Gasteiger partial charge in [-0.1, -0.05) is 18.2 Å². The third kappa shape index (κ3) is 3.16. The summed E-state index contributed by atoms with van der Waals surface area (Å²) in [7, 11) is 2.90. The Morgan fingerprint density at radius 1 is 1.17 bits per heavy atom. The highest BCUT2D eigenvalue weighted by atomic mass is 16.5. The normalized spacial score (nSPS) is 12.3. The minimum Gasteiger partial charge on any atom is -0.493 e. The number of esters is 1. The van der Waals surface area contributed by atoms with Gasteiger partial charge in [0.1, 0.15) is 12.3 Å². The lowest BCUT2D eigenvalue weighted by Crippen LogP contribution is -2.17. The number of nitrogens with one attached hydrogen (secondary N) is 1. The first kappa shape index (κ1) is 18.5. The van der Waals surface area contributed by atoms with Gasteiger partial charge < -0.3 is 19.5 Å². The van der Waals surface area contributed by atoms with Crippen molar-refractivity contribution in [1.29, 1.82) is 0 Å². The molecule has 2 aromatic carbocycles. The van der Waals surface area contributed by atoms with Gasteiger partial charge in [-0.2, -0.15) is 9.90 Å². The summed E-state index contributed by atoms with van der Waals surface area (Å²) < 4.78 is 15.8. The van der Waals surface area contributed by atoms with Crippen molar-refractivity contribution in [1.82, 2.24) is 15.0 Å². The van der Waals surface area contributed by atoms with E-state index in [1.165, 1.54) is 19.0 Å². The first-order chi connectivity index (χ1) is 14.0. The summed E-state index contributed by atoms with van der Waals surface area (Å²) in [5.41, 5.74) is 2.31. The monoisotopic (exact) mass is 394 g/mol. The first-order valence-electron chi connectivity index (χ1n) is 8.79. The van der Waals surface area contributed by atoms with Crippen LogP contribution < -0.4 is 14.8 Å². The number of rotatable bonds is 5. The van der Waals surface area contributed by atoms with Crippen molar-refractivity contribution in [3.8, 4) is 17.2 Å². The SMILES string of the molecule is COc1cc2c(c(NC(=O)c3nn(-c4ccccc4)nc3C)c1OC)C(=O)OC2. The van der Waals surface area contributed by atoms with Gasteiger partial charge >= 0.3 is 5.97 Å². The standard InChI is InChI=1S/C20H18N4O5/c1-11-16(23-24(22-11)13-7-5-4-6-8-13)19(25)21-17-15-12(10-29-20(15)26)9-14(27-2)18(17)28-3/h4-9H,10H2,1-3H3,(H,21,25). The fourth-order valence-electron chi connectivity index (χ4n) is 3.17. The van der Waals surface area contributed by atoms with Crippen molar-refractivity contribution in [3.63, 3.8) is 0 Å². The van der Waals surface area contributed by atoms with Crippen molar-refractivity contribution < 1.29 is 23.8 Å². The highest BCUT2D eigenvalue weighted by molar-refractivity contribution is 6.10. The van der Waals surface area contributed by atoms with E-state index in [-0.39, 0.29) is 29.3 Å². The number of nitrogens with zero attached hydrogens (tertiary/aromatic N) is 3. The number of cyclic esters (lactones) is 1. The molecule has 0 aliphatic carbocycles. The van der Waals surface area contributed by atoms with Gasteiger partial charge in [0.05, 0.1) is 31.2 Å². The number of carbonyl (C=O) groups is 2. The van der Waals surface area contributed by atoms with E-state index in [0.29, 0.717) is 17.0 Å². The molecule has 1 amide bonds. The van der Waals surface area contributed by atoms with Gasteiger partial charge in [0, 0.05) is 5.56 Å². The minimum atomic E-state index is -0.541. The van der Waals surface area contributed by atoms with Crippen LogP contribution in [0.3, 0.4) is 0 Å². The molecular formula is C20H18N4O5. The van der Waals surface area contributed by atoms with E-state index in [0.717, 1.165) is 5.69 Å². The van der Waals surface area contributed by atoms with Crippen LogP contribution in [0.4, 0.5) is 5.69 Å². The number of para-hydroxylation sites is 1. The summed E-state index contributed by atoms with van der Waals surface area (Å²) in [6.45, 7) is 1.78. The average molecular weight is 394 g/mol. The molecule has 0 radical (unpaired) electrons. The first-order valence-corrected chi connectivity index (χ1v) is 8.79. The van der Waals surface area contributed by atoms with Crippen molar-refractivity contribution in [2.45, 2.75) is 13.5 Å². The van der Waals surface area contributed by atoms with E-state index in [2.05, 4.69) is 15.5 Å². The van der Waals surface area contributed by atoms with Gasteiger partial charge in [0.15, 0.2) is 17.2 Å². The van der Waals surface area contributed by atoms with Crippen LogP contribution in [0.5, 0.6) is 11.5 Å². The number of hydrogen-bond donors (Lipinski definition) is 1. The third-order valence-corrected chi connectivity index (χ3v) is 4.54. The van der Waals surface area contributed by atoms with Crippen LogP contribution in [0.2, 0.25) is 0 Å². The molecule has 0 bridgehead atoms. The lowest BCUT2D eigenvalue weighted by Gasteiger charge is -2.15. The number of methoxy groups -OCH3 is 2. The quantitative estimate of drug-likeness (QED) is 0.663. The summed E-state index contributed by atoms with van der Waals surface area (Å²) in [5, 5.41) is 11.3. The summed E-state index contributed by atoms with van der Waals surface area (Å²) in [5.74, 6) is -0.463. The van der Waals surface area contributed by atoms with Crippen molar-refractivity contribution in [2.75, 3.05) is 19.5 Å². The largest absolute Gasteiger partial charge is 0.493 e. The topological polar surface area (TPSA) is 105 Å². The number of aromatic nitrogens is 3. The number of aryl methyl sites for hydroxylation is 1. The zero-order chi connectivity index (χ0) is 20.5. The van der Waals surface area contributed by atoms with Crippen LogP contribution in [-0.2, 0) is 11.3 Å². The van der Waals surface area contributed by atoms with E-state index >= 15 is 0 Å². The summed E-state index contributed by atoms with van der Waals surface area (Å²) in [6.07, 6.45) is 0. The molecular weight excluding hydrogens is 376 g/mol. The fourth-order valence-corrected chi connectivity index (χ4v) is 3.17. The Morgan fingerprint density at radius 2 is 1.93 bits per heavy atom. The maximum absolute atomic E-state index is 13.0. The lowest BCUT2D eigenvalue weighted by molar-refractivity contribution is 0.0535. The fraction of sp³-hybridized carbons (Fsp3) is 0.200. The molecule has 0 atom stereocenters. The zero-order valence-corrected chi connectivity index (χ0v) is 16.1. The molecule has 0 unspecified atom stereocenters. The molecule has 1 aliphatic heterocycles. The average Bonchev–Trinajstić information content (AvgIpc) is 3.31. The molecule has 29 heavy (non-hydrogen) atoms. The second kappa shape index (κ2) is 7.27. The summed E-state index contributed by atoms with van der Waals surface area (Å²) in [4.78, 5) is 26.6. The number of hydrogen-bond acceptors (Lipinski definition) is 7. The molecule has 1 aromatic heterocycles. The Hall–Kier alpha value is -3.88. The smallest absolute Gasteiger partial charge is 0.341 e. The second-order valence-corrected chi connectivity index (χ2v) is 6.31. The molecule has 9 heteroatoms. The van der Waals surface area contributed by atoms with E-state index in [4.69, 9.17) is 14.2 Å². The second-order valence-electron chi connectivity index (χ2n) is 6.31. The highest BCUT2D eigenvalue weighted by Crippen LogP contribution is 2.43. The van der Waals surface area contributed by atoms with Crippen LogP contribution in [0.25, 0.3) is 5.69 Å². The van der Waals surface area contributed by atoms with E-state index in [1.807, 2.05) is 30.3 Å². The summed E-state index contributed by atoms with van der Waals surface area (Å²) in [6, 6.07) is 10.9. The van der Waals surface area contributed by atoms with Crippen LogP contribution >= 0.6 is 0 Å². The van der Waals surface area contributed by atoms with Gasteiger partial charge in [-0.3, -0.25) is 4.79 Å². The van der Waals surface area contributed by atoms with Crippen molar-refractivity contribution >= 4 is 17.6 Å². The number of carbonyl (C=O) groups excluding carboxylic acids is 2. The summed E-state index contributed by atoms with van der Waals surface area (Å²) >= 11 is 0. The molecule has 9 nitrogen and oxygen atoms in total. The van der Waals surface area contributed by atoms with Gasteiger partial charge in [-0.15, -0.1) is 5.10 Å².